The minimum Gasteiger partial charge on any atom is -0.384 e. The van der Waals surface area contributed by atoms with Crippen LogP contribution in [0, 0.1) is 0 Å². The lowest BCUT2D eigenvalue weighted by Crippen LogP contribution is -2.12. The summed E-state index contributed by atoms with van der Waals surface area (Å²) in [5.74, 6) is -0.155. The Bertz CT molecular complexity index is 686. The molecule has 3 nitrogen and oxygen atoms in total. The zero-order valence-corrected chi connectivity index (χ0v) is 12.1. The van der Waals surface area contributed by atoms with Gasteiger partial charge in [0.1, 0.15) is 0 Å². The molecule has 5 heteroatoms. The molecule has 0 fully saturated rings. The number of rotatable bonds is 2. The van der Waals surface area contributed by atoms with Gasteiger partial charge in [0.15, 0.2) is 0 Å². The number of halogens is 2. The molecule has 0 unspecified atom stereocenters. The highest BCUT2D eigenvalue weighted by molar-refractivity contribution is 6.42. The molecule has 1 aliphatic heterocycles. The van der Waals surface area contributed by atoms with Crippen molar-refractivity contribution in [3.8, 4) is 0 Å². The quantitative estimate of drug-likeness (QED) is 0.872. The molecule has 0 aromatic heterocycles. The van der Waals surface area contributed by atoms with Gasteiger partial charge >= 0.3 is 0 Å². The number of nitrogens with one attached hydrogen (secondary N) is 2. The molecule has 1 amide bonds. The Morgan fingerprint density at radius 2 is 1.95 bits per heavy atom. The molecule has 3 rings (SSSR count). The van der Waals surface area contributed by atoms with Crippen LogP contribution in [-0.2, 0) is 6.42 Å². The maximum absolute atomic E-state index is 12.2. The SMILES string of the molecule is O=C(Nc1ccc(Cl)c(Cl)c1)c1ccc2c(c1)CCN2. The number of carbonyl (C=O) groups excluding carboxylic acids is 1. The van der Waals surface area contributed by atoms with E-state index >= 15 is 0 Å². The maximum Gasteiger partial charge on any atom is 0.255 e. The van der Waals surface area contributed by atoms with Crippen molar-refractivity contribution in [1.29, 1.82) is 0 Å². The standard InChI is InChI=1S/C15H12Cl2N2O/c16-12-3-2-11(8-13(12)17)19-15(20)10-1-4-14-9(7-10)5-6-18-14/h1-4,7-8,18H,5-6H2,(H,19,20). The molecular formula is C15H12Cl2N2O. The Kier molecular flexibility index (Phi) is 3.55. The second-order valence-corrected chi connectivity index (χ2v) is 5.45. The van der Waals surface area contributed by atoms with Crippen LogP contribution in [-0.4, -0.2) is 12.5 Å². The molecule has 1 aliphatic rings. The number of anilines is 2. The Hall–Kier alpha value is -1.71. The number of benzene rings is 2. The van der Waals surface area contributed by atoms with Gasteiger partial charge in [0.2, 0.25) is 0 Å². The summed E-state index contributed by atoms with van der Waals surface area (Å²) >= 11 is 11.8. The fourth-order valence-corrected chi connectivity index (χ4v) is 2.52. The third-order valence-corrected chi connectivity index (χ3v) is 3.99. The molecule has 0 saturated heterocycles. The van der Waals surface area contributed by atoms with Crippen molar-refractivity contribution in [2.75, 3.05) is 17.2 Å². The summed E-state index contributed by atoms with van der Waals surface area (Å²) in [4.78, 5) is 12.2. The van der Waals surface area contributed by atoms with E-state index < -0.39 is 0 Å². The van der Waals surface area contributed by atoms with Crippen LogP contribution in [0.5, 0.6) is 0 Å². The van der Waals surface area contributed by atoms with E-state index in [0.717, 1.165) is 18.7 Å². The highest BCUT2D eigenvalue weighted by Crippen LogP contribution is 2.26. The third kappa shape index (κ3) is 2.60. The lowest BCUT2D eigenvalue weighted by molar-refractivity contribution is 0.102. The van der Waals surface area contributed by atoms with E-state index in [1.165, 1.54) is 5.56 Å². The van der Waals surface area contributed by atoms with E-state index in [4.69, 9.17) is 23.2 Å². The largest absolute Gasteiger partial charge is 0.384 e. The average molecular weight is 307 g/mol. The highest BCUT2D eigenvalue weighted by Gasteiger charge is 2.13. The topological polar surface area (TPSA) is 41.1 Å². The molecule has 0 bridgehead atoms. The fraction of sp³-hybridized carbons (Fsp3) is 0.133. The van der Waals surface area contributed by atoms with E-state index in [2.05, 4.69) is 10.6 Å². The lowest BCUT2D eigenvalue weighted by atomic mass is 10.1. The first-order valence-electron chi connectivity index (χ1n) is 6.27. The highest BCUT2D eigenvalue weighted by atomic mass is 35.5. The number of fused-ring (bicyclic) bond motifs is 1. The molecule has 0 radical (unpaired) electrons. The summed E-state index contributed by atoms with van der Waals surface area (Å²) in [6.45, 7) is 0.924. The monoisotopic (exact) mass is 306 g/mol. The van der Waals surface area contributed by atoms with Gasteiger partial charge < -0.3 is 10.6 Å². The van der Waals surface area contributed by atoms with Crippen molar-refractivity contribution in [2.45, 2.75) is 6.42 Å². The van der Waals surface area contributed by atoms with Crippen LogP contribution in [0.15, 0.2) is 36.4 Å². The van der Waals surface area contributed by atoms with Crippen molar-refractivity contribution >= 4 is 40.5 Å². The van der Waals surface area contributed by atoms with Crippen LogP contribution in [0.4, 0.5) is 11.4 Å². The number of hydrogen-bond acceptors (Lipinski definition) is 2. The minimum atomic E-state index is -0.155. The second-order valence-electron chi connectivity index (χ2n) is 4.63. The van der Waals surface area contributed by atoms with Crippen molar-refractivity contribution in [3.63, 3.8) is 0 Å². The summed E-state index contributed by atoms with van der Waals surface area (Å²) in [5, 5.41) is 6.97. The first-order valence-corrected chi connectivity index (χ1v) is 7.02. The fourth-order valence-electron chi connectivity index (χ4n) is 2.22. The second kappa shape index (κ2) is 5.35. The van der Waals surface area contributed by atoms with Gasteiger partial charge in [-0.2, -0.15) is 0 Å². The smallest absolute Gasteiger partial charge is 0.255 e. The first kappa shape index (κ1) is 13.3. The molecule has 102 valence electrons. The van der Waals surface area contributed by atoms with Gasteiger partial charge in [0.05, 0.1) is 10.0 Å². The number of amides is 1. The van der Waals surface area contributed by atoms with E-state index in [-0.39, 0.29) is 5.91 Å². The molecule has 0 aliphatic carbocycles. The van der Waals surface area contributed by atoms with E-state index in [1.54, 1.807) is 18.2 Å². The van der Waals surface area contributed by atoms with E-state index in [0.29, 0.717) is 21.3 Å². The normalized spacial score (nSPS) is 12.7. The van der Waals surface area contributed by atoms with Gasteiger partial charge in [-0.15, -0.1) is 0 Å². The number of hydrogen-bond donors (Lipinski definition) is 2. The van der Waals surface area contributed by atoms with Gasteiger partial charge in [-0.3, -0.25) is 4.79 Å². The van der Waals surface area contributed by atoms with Gasteiger partial charge in [-0.1, -0.05) is 23.2 Å². The predicted octanol–water partition coefficient (Wildman–Crippen LogP) is 4.21. The van der Waals surface area contributed by atoms with Gasteiger partial charge in [0.25, 0.3) is 5.91 Å². The third-order valence-electron chi connectivity index (χ3n) is 3.25. The van der Waals surface area contributed by atoms with E-state index in [1.807, 2.05) is 18.2 Å². The molecule has 0 spiro atoms. The van der Waals surface area contributed by atoms with Gasteiger partial charge in [-0.25, -0.2) is 0 Å². The number of carbonyl (C=O) groups is 1. The van der Waals surface area contributed by atoms with Crippen LogP contribution in [0.25, 0.3) is 0 Å². The van der Waals surface area contributed by atoms with Gasteiger partial charge in [-0.05, 0) is 48.4 Å². The molecule has 2 aromatic carbocycles. The van der Waals surface area contributed by atoms with Crippen molar-refractivity contribution in [2.24, 2.45) is 0 Å². The van der Waals surface area contributed by atoms with Crippen molar-refractivity contribution in [3.05, 3.63) is 57.6 Å². The Labute approximate surface area is 126 Å². The maximum atomic E-state index is 12.2. The molecule has 2 aromatic rings. The van der Waals surface area contributed by atoms with Crippen LogP contribution in [0.3, 0.4) is 0 Å². The summed E-state index contributed by atoms with van der Waals surface area (Å²) in [6, 6.07) is 10.7. The average Bonchev–Trinajstić information content (AvgIpc) is 2.90. The summed E-state index contributed by atoms with van der Waals surface area (Å²) in [6.07, 6.45) is 0.948. The van der Waals surface area contributed by atoms with Crippen molar-refractivity contribution in [1.82, 2.24) is 0 Å². The summed E-state index contributed by atoms with van der Waals surface area (Å²) in [5.41, 5.74) is 3.55. The van der Waals surface area contributed by atoms with Crippen LogP contribution in [0.1, 0.15) is 15.9 Å². The first-order chi connectivity index (χ1) is 9.63. The van der Waals surface area contributed by atoms with Gasteiger partial charge in [0, 0.05) is 23.5 Å². The minimum absolute atomic E-state index is 0.155. The summed E-state index contributed by atoms with van der Waals surface area (Å²) < 4.78 is 0. The summed E-state index contributed by atoms with van der Waals surface area (Å²) in [7, 11) is 0. The molecular weight excluding hydrogens is 295 g/mol. The molecule has 0 saturated carbocycles. The van der Waals surface area contributed by atoms with Crippen molar-refractivity contribution < 1.29 is 4.79 Å². The zero-order chi connectivity index (χ0) is 14.1. The van der Waals surface area contributed by atoms with Crippen LogP contribution < -0.4 is 10.6 Å². The zero-order valence-electron chi connectivity index (χ0n) is 10.5. The van der Waals surface area contributed by atoms with E-state index in [9.17, 15) is 4.79 Å². The molecule has 2 N–H and O–H groups in total. The molecule has 0 atom stereocenters. The molecule has 20 heavy (non-hydrogen) atoms. The molecule has 1 heterocycles. The Balaban J connectivity index is 1.80. The Morgan fingerprint density at radius 3 is 2.75 bits per heavy atom. The van der Waals surface area contributed by atoms with Crippen LogP contribution >= 0.6 is 23.2 Å². The predicted molar refractivity (Wildman–Crippen MR) is 83.1 cm³/mol. The lowest BCUT2D eigenvalue weighted by Gasteiger charge is -2.08. The Morgan fingerprint density at radius 1 is 1.10 bits per heavy atom. The van der Waals surface area contributed by atoms with Crippen LogP contribution in [0.2, 0.25) is 10.0 Å².